The van der Waals surface area contributed by atoms with Crippen molar-refractivity contribution >= 4 is 42.7 Å². The van der Waals surface area contributed by atoms with Gasteiger partial charge in [0.1, 0.15) is 16.1 Å². The highest BCUT2D eigenvalue weighted by atomic mass is 32.2. The number of sulfonamides is 1. The molecule has 1 aliphatic carbocycles. The molecule has 3 aromatic rings. The van der Waals surface area contributed by atoms with E-state index in [0.29, 0.717) is 33.6 Å². The molecular formula is C24H30N4O5S2. The Kier molecular flexibility index (Phi) is 8.00. The second-order valence-electron chi connectivity index (χ2n) is 8.77. The number of aromatic nitrogens is 2. The van der Waals surface area contributed by atoms with Crippen molar-refractivity contribution in [3.63, 3.8) is 0 Å². The number of aliphatic hydroxyl groups is 1. The topological polar surface area (TPSA) is 122 Å². The fourth-order valence-corrected chi connectivity index (χ4v) is 6.40. The van der Waals surface area contributed by atoms with E-state index in [1.165, 1.54) is 43.4 Å². The first kappa shape index (κ1) is 25.5. The summed E-state index contributed by atoms with van der Waals surface area (Å²) in [6.07, 6.45) is 6.82. The SMILES string of the molecule is COc1cnc2sc(NC(=O)C(CC3CCCC3)c3ccc(S(=O)(=O)N(C)CCO)cc3)nc2c1. The number of amides is 1. The third-order valence-electron chi connectivity index (χ3n) is 6.45. The highest BCUT2D eigenvalue weighted by molar-refractivity contribution is 7.89. The van der Waals surface area contributed by atoms with Crippen molar-refractivity contribution in [3.05, 3.63) is 42.1 Å². The number of anilines is 1. The van der Waals surface area contributed by atoms with Gasteiger partial charge in [0.25, 0.3) is 0 Å². The Balaban J connectivity index is 1.57. The van der Waals surface area contributed by atoms with Crippen LogP contribution in [0.4, 0.5) is 5.13 Å². The maximum Gasteiger partial charge on any atom is 0.242 e. The molecule has 0 aliphatic heterocycles. The lowest BCUT2D eigenvalue weighted by Crippen LogP contribution is -2.29. The number of nitrogens with zero attached hydrogens (tertiary/aromatic N) is 3. The average molecular weight is 519 g/mol. The van der Waals surface area contributed by atoms with Crippen LogP contribution in [0.2, 0.25) is 0 Å². The van der Waals surface area contributed by atoms with E-state index in [9.17, 15) is 13.2 Å². The van der Waals surface area contributed by atoms with Gasteiger partial charge in [0.2, 0.25) is 15.9 Å². The Labute approximate surface area is 209 Å². The summed E-state index contributed by atoms with van der Waals surface area (Å²) in [5.41, 5.74) is 1.41. The van der Waals surface area contributed by atoms with Crippen LogP contribution in [-0.2, 0) is 14.8 Å². The summed E-state index contributed by atoms with van der Waals surface area (Å²) >= 11 is 1.30. The number of hydrogen-bond donors (Lipinski definition) is 2. The number of likely N-dealkylation sites (N-methyl/N-ethyl adjacent to an activating group) is 1. The first-order chi connectivity index (χ1) is 16.8. The third-order valence-corrected chi connectivity index (χ3v) is 9.22. The second kappa shape index (κ2) is 11.0. The Bertz CT molecular complexity index is 1270. The van der Waals surface area contributed by atoms with Crippen LogP contribution in [0.25, 0.3) is 10.3 Å². The molecule has 0 radical (unpaired) electrons. The normalized spacial score (nSPS) is 15.5. The van der Waals surface area contributed by atoms with E-state index in [0.717, 1.165) is 22.7 Å². The molecule has 0 spiro atoms. The fourth-order valence-electron chi connectivity index (χ4n) is 4.45. The third kappa shape index (κ3) is 5.80. The minimum Gasteiger partial charge on any atom is -0.495 e. The summed E-state index contributed by atoms with van der Waals surface area (Å²) in [5.74, 6) is 0.445. The van der Waals surface area contributed by atoms with Gasteiger partial charge in [-0.05, 0) is 30.0 Å². The standard InChI is InChI=1S/C24H30N4O5S2/c1-28(11-12-29)35(31,32)19-9-7-17(8-10-19)20(13-16-5-3-4-6-16)22(30)27-24-26-21-14-18(33-2)15-25-23(21)34-24/h7-10,14-16,20,29H,3-6,11-13H2,1-2H3,(H,26,27,30). The lowest BCUT2D eigenvalue weighted by Gasteiger charge is -2.21. The molecule has 0 bridgehead atoms. The molecule has 2 heterocycles. The maximum atomic E-state index is 13.4. The number of fused-ring (bicyclic) bond motifs is 1. The van der Waals surface area contributed by atoms with Crippen LogP contribution in [0.5, 0.6) is 5.75 Å². The van der Waals surface area contributed by atoms with Gasteiger partial charge in [0, 0.05) is 19.7 Å². The highest BCUT2D eigenvalue weighted by Gasteiger charge is 2.28. The van der Waals surface area contributed by atoms with Crippen molar-refractivity contribution in [1.82, 2.24) is 14.3 Å². The summed E-state index contributed by atoms with van der Waals surface area (Å²) in [6, 6.07) is 8.26. The maximum absolute atomic E-state index is 13.4. The zero-order valence-electron chi connectivity index (χ0n) is 19.8. The van der Waals surface area contributed by atoms with Crippen LogP contribution in [0, 0.1) is 5.92 Å². The van der Waals surface area contributed by atoms with Crippen LogP contribution in [0.15, 0.2) is 41.4 Å². The molecule has 1 fully saturated rings. The van der Waals surface area contributed by atoms with E-state index < -0.39 is 15.9 Å². The molecule has 1 amide bonds. The Hall–Kier alpha value is -2.60. The van der Waals surface area contributed by atoms with Crippen molar-refractivity contribution in [2.75, 3.05) is 32.6 Å². The van der Waals surface area contributed by atoms with E-state index >= 15 is 0 Å². The van der Waals surface area contributed by atoms with Gasteiger partial charge in [-0.1, -0.05) is 49.2 Å². The highest BCUT2D eigenvalue weighted by Crippen LogP contribution is 2.36. The van der Waals surface area contributed by atoms with Gasteiger partial charge in [-0.3, -0.25) is 4.79 Å². The molecule has 1 aromatic carbocycles. The molecule has 1 saturated carbocycles. The molecule has 11 heteroatoms. The molecule has 1 aliphatic rings. The van der Waals surface area contributed by atoms with E-state index in [1.54, 1.807) is 31.5 Å². The van der Waals surface area contributed by atoms with Gasteiger partial charge in [0.15, 0.2) is 5.13 Å². The summed E-state index contributed by atoms with van der Waals surface area (Å²) in [4.78, 5) is 23.1. The largest absolute Gasteiger partial charge is 0.495 e. The number of rotatable bonds is 10. The van der Waals surface area contributed by atoms with Gasteiger partial charge >= 0.3 is 0 Å². The number of benzene rings is 1. The lowest BCUT2D eigenvalue weighted by atomic mass is 9.87. The number of aliphatic hydroxyl groups excluding tert-OH is 1. The van der Waals surface area contributed by atoms with Crippen LogP contribution in [0.3, 0.4) is 0 Å². The molecule has 4 rings (SSSR count). The van der Waals surface area contributed by atoms with Crippen molar-refractivity contribution in [3.8, 4) is 5.75 Å². The number of carbonyl (C=O) groups excluding carboxylic acids is 1. The average Bonchev–Trinajstić information content (AvgIpc) is 3.51. The van der Waals surface area contributed by atoms with Gasteiger partial charge in [0.05, 0.1) is 30.7 Å². The minimum atomic E-state index is -3.71. The minimum absolute atomic E-state index is 0.0136. The van der Waals surface area contributed by atoms with E-state index in [-0.39, 0.29) is 24.0 Å². The number of nitrogens with one attached hydrogen (secondary N) is 1. The van der Waals surface area contributed by atoms with Crippen molar-refractivity contribution < 1.29 is 23.1 Å². The van der Waals surface area contributed by atoms with E-state index in [1.807, 2.05) is 0 Å². The molecule has 0 saturated heterocycles. The zero-order chi connectivity index (χ0) is 25.0. The summed E-state index contributed by atoms with van der Waals surface area (Å²) in [6.45, 7) is -0.245. The van der Waals surface area contributed by atoms with Crippen molar-refractivity contribution in [2.24, 2.45) is 5.92 Å². The molecule has 2 aromatic heterocycles. The number of pyridine rings is 1. The summed E-state index contributed by atoms with van der Waals surface area (Å²) in [5, 5.41) is 12.5. The predicted molar refractivity (Wildman–Crippen MR) is 135 cm³/mol. The van der Waals surface area contributed by atoms with Crippen LogP contribution in [-0.4, -0.2) is 61.0 Å². The number of carbonyl (C=O) groups is 1. The predicted octanol–water partition coefficient (Wildman–Crippen LogP) is 3.62. The number of thiazole rings is 1. The molecular weight excluding hydrogens is 488 g/mol. The van der Waals surface area contributed by atoms with Crippen LogP contribution < -0.4 is 10.1 Å². The van der Waals surface area contributed by atoms with E-state index in [4.69, 9.17) is 9.84 Å². The van der Waals surface area contributed by atoms with Gasteiger partial charge in [-0.15, -0.1) is 0 Å². The Morgan fingerprint density at radius 2 is 2.00 bits per heavy atom. The van der Waals surface area contributed by atoms with Gasteiger partial charge in [-0.2, -0.15) is 4.31 Å². The number of ether oxygens (including phenoxy) is 1. The first-order valence-corrected chi connectivity index (χ1v) is 13.9. The fraction of sp³-hybridized carbons (Fsp3) is 0.458. The Morgan fingerprint density at radius 1 is 1.29 bits per heavy atom. The molecule has 35 heavy (non-hydrogen) atoms. The lowest BCUT2D eigenvalue weighted by molar-refractivity contribution is -0.118. The smallest absolute Gasteiger partial charge is 0.242 e. The molecule has 1 unspecified atom stereocenters. The molecule has 188 valence electrons. The number of hydrogen-bond acceptors (Lipinski definition) is 8. The van der Waals surface area contributed by atoms with Crippen LogP contribution >= 0.6 is 11.3 Å². The van der Waals surface area contributed by atoms with Crippen molar-refractivity contribution in [1.29, 1.82) is 0 Å². The molecule has 2 N–H and O–H groups in total. The Morgan fingerprint density at radius 3 is 2.66 bits per heavy atom. The zero-order valence-corrected chi connectivity index (χ0v) is 21.4. The van der Waals surface area contributed by atoms with Crippen molar-refractivity contribution in [2.45, 2.75) is 42.9 Å². The monoisotopic (exact) mass is 518 g/mol. The quantitative estimate of drug-likeness (QED) is 0.420. The molecule has 1 atom stereocenters. The summed E-state index contributed by atoms with van der Waals surface area (Å²) in [7, 11) is -0.717. The second-order valence-corrected chi connectivity index (χ2v) is 11.8. The summed E-state index contributed by atoms with van der Waals surface area (Å²) < 4.78 is 31.7. The first-order valence-electron chi connectivity index (χ1n) is 11.6. The number of methoxy groups -OCH3 is 1. The van der Waals surface area contributed by atoms with E-state index in [2.05, 4.69) is 15.3 Å². The van der Waals surface area contributed by atoms with Gasteiger partial charge < -0.3 is 15.2 Å². The molecule has 9 nitrogen and oxygen atoms in total. The van der Waals surface area contributed by atoms with Gasteiger partial charge in [-0.25, -0.2) is 18.4 Å². The van der Waals surface area contributed by atoms with Crippen LogP contribution in [0.1, 0.15) is 43.6 Å².